The number of halogens is 1. The standard InChI is InChI=1S/C9H7ClO.C2H6/c10-9(11)7-6-8-4-2-1-3-5-8;1-2/h1-7H;1-2H3/b7-6-;. The molecule has 0 saturated heterocycles. The summed E-state index contributed by atoms with van der Waals surface area (Å²) in [5.41, 5.74) is 0.974. The van der Waals surface area contributed by atoms with Crippen molar-refractivity contribution in [2.45, 2.75) is 13.8 Å². The molecule has 0 spiro atoms. The molecule has 2 heteroatoms. The lowest BCUT2D eigenvalue weighted by molar-refractivity contribution is -0.107. The minimum absolute atomic E-state index is 0.450. The van der Waals surface area contributed by atoms with Gasteiger partial charge in [0.25, 0.3) is 0 Å². The summed E-state index contributed by atoms with van der Waals surface area (Å²) in [5, 5.41) is -0.450. The molecule has 1 aromatic rings. The third-order valence-electron chi connectivity index (χ3n) is 1.21. The fourth-order valence-corrected chi connectivity index (χ4v) is 0.789. The average Bonchev–Trinajstić information content (AvgIpc) is 2.19. The van der Waals surface area contributed by atoms with Crippen LogP contribution in [0.5, 0.6) is 0 Å². The highest BCUT2D eigenvalue weighted by atomic mass is 35.5. The molecule has 0 unspecified atom stereocenters. The first kappa shape index (κ1) is 11.9. The number of carbonyl (C=O) groups is 1. The van der Waals surface area contributed by atoms with E-state index in [1.54, 1.807) is 6.08 Å². The van der Waals surface area contributed by atoms with Gasteiger partial charge in [0.1, 0.15) is 0 Å². The maximum absolute atomic E-state index is 10.3. The number of rotatable bonds is 2. The van der Waals surface area contributed by atoms with Crippen LogP contribution in [0.1, 0.15) is 19.4 Å². The third kappa shape index (κ3) is 6.12. The van der Waals surface area contributed by atoms with E-state index in [9.17, 15) is 4.79 Å². The smallest absolute Gasteiger partial charge is 0.245 e. The number of hydrogen-bond acceptors (Lipinski definition) is 1. The Balaban J connectivity index is 0.000000671. The Labute approximate surface area is 84.0 Å². The summed E-state index contributed by atoms with van der Waals surface area (Å²) >= 11 is 5.10. The lowest BCUT2D eigenvalue weighted by atomic mass is 10.2. The minimum Gasteiger partial charge on any atom is -0.276 e. The summed E-state index contributed by atoms with van der Waals surface area (Å²) in [6.45, 7) is 4.00. The van der Waals surface area contributed by atoms with Crippen LogP contribution in [0.15, 0.2) is 36.4 Å². The van der Waals surface area contributed by atoms with E-state index in [4.69, 9.17) is 11.6 Å². The molecule has 1 nitrogen and oxygen atoms in total. The molecular formula is C11H13ClO. The van der Waals surface area contributed by atoms with E-state index in [2.05, 4.69) is 0 Å². The van der Waals surface area contributed by atoms with Crippen molar-refractivity contribution in [2.75, 3.05) is 0 Å². The molecule has 0 heterocycles. The van der Waals surface area contributed by atoms with Gasteiger partial charge in [0.2, 0.25) is 5.24 Å². The van der Waals surface area contributed by atoms with Gasteiger partial charge >= 0.3 is 0 Å². The summed E-state index contributed by atoms with van der Waals surface area (Å²) in [7, 11) is 0. The maximum atomic E-state index is 10.3. The molecule has 0 aliphatic rings. The van der Waals surface area contributed by atoms with Crippen molar-refractivity contribution >= 4 is 22.9 Å². The van der Waals surface area contributed by atoms with Crippen LogP contribution in [0.2, 0.25) is 0 Å². The Morgan fingerprint density at radius 2 is 1.77 bits per heavy atom. The SMILES string of the molecule is CC.O=C(Cl)/C=C\c1ccccc1. The van der Waals surface area contributed by atoms with Crippen LogP contribution in [-0.4, -0.2) is 5.24 Å². The van der Waals surface area contributed by atoms with Crippen molar-refractivity contribution in [1.29, 1.82) is 0 Å². The van der Waals surface area contributed by atoms with Gasteiger partial charge in [0, 0.05) is 0 Å². The first-order valence-electron chi connectivity index (χ1n) is 4.21. The molecule has 1 aromatic carbocycles. The predicted molar refractivity (Wildman–Crippen MR) is 57.7 cm³/mol. The van der Waals surface area contributed by atoms with Gasteiger partial charge in [-0.3, -0.25) is 4.79 Å². The third-order valence-corrected chi connectivity index (χ3v) is 1.33. The van der Waals surface area contributed by atoms with E-state index in [0.717, 1.165) is 5.56 Å². The van der Waals surface area contributed by atoms with Crippen molar-refractivity contribution in [1.82, 2.24) is 0 Å². The van der Waals surface area contributed by atoms with E-state index in [1.165, 1.54) is 6.08 Å². The number of carbonyl (C=O) groups excluding carboxylic acids is 1. The molecule has 1 rings (SSSR count). The van der Waals surface area contributed by atoms with Gasteiger partial charge in [-0.05, 0) is 23.2 Å². The maximum Gasteiger partial charge on any atom is 0.245 e. The molecule has 0 fully saturated rings. The quantitative estimate of drug-likeness (QED) is 0.523. The van der Waals surface area contributed by atoms with Crippen molar-refractivity contribution in [3.8, 4) is 0 Å². The largest absolute Gasteiger partial charge is 0.276 e. The Morgan fingerprint density at radius 1 is 1.23 bits per heavy atom. The minimum atomic E-state index is -0.450. The highest BCUT2D eigenvalue weighted by Crippen LogP contribution is 2.01. The van der Waals surface area contributed by atoms with Crippen LogP contribution in [0.3, 0.4) is 0 Å². The summed E-state index contributed by atoms with van der Waals surface area (Å²) in [5.74, 6) is 0. The lowest BCUT2D eigenvalue weighted by Crippen LogP contribution is -1.75. The Hall–Kier alpha value is -1.08. The molecule has 0 radical (unpaired) electrons. The summed E-state index contributed by atoms with van der Waals surface area (Å²) in [4.78, 5) is 10.3. The van der Waals surface area contributed by atoms with Crippen LogP contribution in [0.4, 0.5) is 0 Å². The zero-order chi connectivity index (χ0) is 10.1. The molecule has 70 valence electrons. The highest BCUT2D eigenvalue weighted by Gasteiger charge is 1.85. The van der Waals surface area contributed by atoms with Crippen LogP contribution in [0.25, 0.3) is 6.08 Å². The van der Waals surface area contributed by atoms with Crippen LogP contribution in [-0.2, 0) is 4.79 Å². The van der Waals surface area contributed by atoms with Gasteiger partial charge in [-0.2, -0.15) is 0 Å². The number of hydrogen-bond donors (Lipinski definition) is 0. The van der Waals surface area contributed by atoms with E-state index >= 15 is 0 Å². The van der Waals surface area contributed by atoms with E-state index in [-0.39, 0.29) is 0 Å². The molecule has 0 amide bonds. The number of allylic oxidation sites excluding steroid dienone is 1. The van der Waals surface area contributed by atoms with E-state index in [0.29, 0.717) is 0 Å². The predicted octanol–water partition coefficient (Wildman–Crippen LogP) is 3.49. The van der Waals surface area contributed by atoms with E-state index in [1.807, 2.05) is 44.2 Å². The molecular weight excluding hydrogens is 184 g/mol. The lowest BCUT2D eigenvalue weighted by Gasteiger charge is -1.87. The monoisotopic (exact) mass is 196 g/mol. The molecule has 0 N–H and O–H groups in total. The van der Waals surface area contributed by atoms with Crippen LogP contribution >= 0.6 is 11.6 Å². The van der Waals surface area contributed by atoms with Crippen molar-refractivity contribution in [2.24, 2.45) is 0 Å². The molecule has 0 aliphatic heterocycles. The van der Waals surface area contributed by atoms with Gasteiger partial charge in [-0.15, -0.1) is 0 Å². The Bertz CT molecular complexity index is 265. The van der Waals surface area contributed by atoms with Gasteiger partial charge < -0.3 is 0 Å². The summed E-state index contributed by atoms with van der Waals surface area (Å²) in [6.07, 6.45) is 3.01. The summed E-state index contributed by atoms with van der Waals surface area (Å²) in [6, 6.07) is 9.52. The second-order valence-corrected chi connectivity index (χ2v) is 2.42. The van der Waals surface area contributed by atoms with Crippen LogP contribution in [0, 0.1) is 0 Å². The first-order valence-corrected chi connectivity index (χ1v) is 4.59. The second kappa shape index (κ2) is 7.56. The van der Waals surface area contributed by atoms with E-state index < -0.39 is 5.24 Å². The molecule has 0 atom stereocenters. The van der Waals surface area contributed by atoms with Gasteiger partial charge in [-0.25, -0.2) is 0 Å². The molecule has 0 bridgehead atoms. The molecule has 0 saturated carbocycles. The zero-order valence-electron chi connectivity index (χ0n) is 7.83. The average molecular weight is 197 g/mol. The topological polar surface area (TPSA) is 17.1 Å². The van der Waals surface area contributed by atoms with Crippen molar-refractivity contribution in [3.05, 3.63) is 42.0 Å². The first-order chi connectivity index (χ1) is 6.29. The molecule has 13 heavy (non-hydrogen) atoms. The Kier molecular flexibility index (Phi) is 6.93. The van der Waals surface area contributed by atoms with Gasteiger partial charge in [0.15, 0.2) is 0 Å². The fraction of sp³-hybridized carbons (Fsp3) is 0.182. The second-order valence-electron chi connectivity index (χ2n) is 2.05. The zero-order valence-corrected chi connectivity index (χ0v) is 8.58. The normalized spacial score (nSPS) is 9.15. The highest BCUT2D eigenvalue weighted by molar-refractivity contribution is 6.66. The summed E-state index contributed by atoms with van der Waals surface area (Å²) < 4.78 is 0. The van der Waals surface area contributed by atoms with Crippen molar-refractivity contribution < 1.29 is 4.79 Å². The van der Waals surface area contributed by atoms with Crippen LogP contribution < -0.4 is 0 Å². The van der Waals surface area contributed by atoms with Gasteiger partial charge in [-0.1, -0.05) is 50.3 Å². The fourth-order valence-electron chi connectivity index (χ4n) is 0.726. The van der Waals surface area contributed by atoms with Gasteiger partial charge in [0.05, 0.1) is 0 Å². The molecule has 0 aliphatic carbocycles. The van der Waals surface area contributed by atoms with Crippen molar-refractivity contribution in [3.63, 3.8) is 0 Å². The molecule has 0 aromatic heterocycles. The number of benzene rings is 1. The Morgan fingerprint density at radius 3 is 2.23 bits per heavy atom.